The van der Waals surface area contributed by atoms with Crippen LogP contribution >= 0.6 is 11.6 Å². The Balaban J connectivity index is 1.95. The summed E-state index contributed by atoms with van der Waals surface area (Å²) in [5, 5.41) is 3.17. The van der Waals surface area contributed by atoms with Gasteiger partial charge in [-0.05, 0) is 31.7 Å². The second-order valence-corrected chi connectivity index (χ2v) is 4.98. The first-order valence-electron chi connectivity index (χ1n) is 5.79. The number of pyridine rings is 1. The van der Waals surface area contributed by atoms with E-state index < -0.39 is 0 Å². The highest BCUT2D eigenvalue weighted by molar-refractivity contribution is 6.20. The standard InChI is InChI=1S/C12H15ClN2O2/c13-9-1-3-10(4-2-9)15-12(17)8-5-6-14-11(16)7-8/h5-7,9-10H,1-4H2,(H,14,16)(H,15,17). The molecule has 1 aromatic heterocycles. The number of carbonyl (C=O) groups is 1. The summed E-state index contributed by atoms with van der Waals surface area (Å²) >= 11 is 6.00. The summed E-state index contributed by atoms with van der Waals surface area (Å²) in [4.78, 5) is 25.4. The normalized spacial score (nSPS) is 24.3. The summed E-state index contributed by atoms with van der Waals surface area (Å²) in [5.41, 5.74) is 0.142. The van der Waals surface area contributed by atoms with Gasteiger partial charge in [-0.2, -0.15) is 0 Å². The van der Waals surface area contributed by atoms with Crippen LogP contribution in [0.1, 0.15) is 36.0 Å². The predicted molar refractivity (Wildman–Crippen MR) is 66.4 cm³/mol. The molecule has 5 heteroatoms. The van der Waals surface area contributed by atoms with E-state index in [1.54, 1.807) is 6.07 Å². The maximum Gasteiger partial charge on any atom is 0.251 e. The van der Waals surface area contributed by atoms with Crippen LogP contribution in [-0.4, -0.2) is 22.3 Å². The highest BCUT2D eigenvalue weighted by Crippen LogP contribution is 2.22. The first-order chi connectivity index (χ1) is 8.15. The number of alkyl halides is 1. The van der Waals surface area contributed by atoms with Gasteiger partial charge in [-0.15, -0.1) is 11.6 Å². The Morgan fingerprint density at radius 2 is 2.06 bits per heavy atom. The average Bonchev–Trinajstić information content (AvgIpc) is 2.32. The fraction of sp³-hybridized carbons (Fsp3) is 0.500. The van der Waals surface area contributed by atoms with Gasteiger partial charge >= 0.3 is 0 Å². The van der Waals surface area contributed by atoms with E-state index in [2.05, 4.69) is 10.3 Å². The minimum Gasteiger partial charge on any atom is -0.349 e. The van der Waals surface area contributed by atoms with E-state index in [-0.39, 0.29) is 22.9 Å². The van der Waals surface area contributed by atoms with Crippen LogP contribution in [0.2, 0.25) is 0 Å². The molecule has 1 amide bonds. The molecule has 1 fully saturated rings. The van der Waals surface area contributed by atoms with Crippen LogP contribution in [0.5, 0.6) is 0 Å². The van der Waals surface area contributed by atoms with E-state index in [1.807, 2.05) is 0 Å². The van der Waals surface area contributed by atoms with E-state index in [0.717, 1.165) is 25.7 Å². The van der Waals surface area contributed by atoms with Crippen LogP contribution in [0, 0.1) is 0 Å². The van der Waals surface area contributed by atoms with Crippen LogP contribution in [0.15, 0.2) is 23.1 Å². The number of rotatable bonds is 2. The van der Waals surface area contributed by atoms with Gasteiger partial charge in [0.25, 0.3) is 5.91 Å². The number of carbonyl (C=O) groups excluding carboxylic acids is 1. The molecular weight excluding hydrogens is 240 g/mol. The lowest BCUT2D eigenvalue weighted by atomic mass is 9.95. The molecule has 1 aromatic rings. The molecule has 2 rings (SSSR count). The van der Waals surface area contributed by atoms with Crippen molar-refractivity contribution in [2.45, 2.75) is 37.1 Å². The Labute approximate surface area is 104 Å². The van der Waals surface area contributed by atoms with Crippen molar-refractivity contribution in [1.82, 2.24) is 10.3 Å². The van der Waals surface area contributed by atoms with Crippen LogP contribution in [0.25, 0.3) is 0 Å². The fourth-order valence-corrected chi connectivity index (χ4v) is 2.30. The van der Waals surface area contributed by atoms with Crippen molar-refractivity contribution in [3.8, 4) is 0 Å². The van der Waals surface area contributed by atoms with Gasteiger partial charge in [-0.1, -0.05) is 0 Å². The van der Waals surface area contributed by atoms with Crippen molar-refractivity contribution in [3.63, 3.8) is 0 Å². The van der Waals surface area contributed by atoms with Gasteiger partial charge in [0.1, 0.15) is 0 Å². The molecule has 1 aliphatic rings. The van der Waals surface area contributed by atoms with Crippen LogP contribution in [0.3, 0.4) is 0 Å². The van der Waals surface area contributed by atoms with Gasteiger partial charge in [-0.25, -0.2) is 0 Å². The summed E-state index contributed by atoms with van der Waals surface area (Å²) in [5.74, 6) is -0.186. The molecule has 17 heavy (non-hydrogen) atoms. The zero-order chi connectivity index (χ0) is 12.3. The minimum absolute atomic E-state index is 0.178. The van der Waals surface area contributed by atoms with E-state index in [9.17, 15) is 9.59 Å². The highest BCUT2D eigenvalue weighted by Gasteiger charge is 2.21. The fourth-order valence-electron chi connectivity index (χ4n) is 2.05. The number of H-pyrrole nitrogens is 1. The molecule has 0 saturated heterocycles. The molecule has 1 aliphatic carbocycles. The van der Waals surface area contributed by atoms with Gasteiger partial charge in [0.15, 0.2) is 0 Å². The minimum atomic E-state index is -0.262. The molecule has 0 atom stereocenters. The lowest BCUT2D eigenvalue weighted by molar-refractivity contribution is 0.0927. The Morgan fingerprint density at radius 3 is 2.71 bits per heavy atom. The second kappa shape index (κ2) is 5.36. The Hall–Kier alpha value is -1.29. The van der Waals surface area contributed by atoms with Crippen LogP contribution in [-0.2, 0) is 0 Å². The molecule has 1 heterocycles. The lowest BCUT2D eigenvalue weighted by Gasteiger charge is -2.25. The molecule has 0 spiro atoms. The summed E-state index contributed by atoms with van der Waals surface area (Å²) in [7, 11) is 0. The van der Waals surface area contributed by atoms with Crippen LogP contribution < -0.4 is 10.9 Å². The second-order valence-electron chi connectivity index (χ2n) is 4.36. The van der Waals surface area contributed by atoms with Crippen molar-refractivity contribution >= 4 is 17.5 Å². The summed E-state index contributed by atoms with van der Waals surface area (Å²) in [6.45, 7) is 0. The van der Waals surface area contributed by atoms with Gasteiger partial charge in [0, 0.05) is 29.2 Å². The Morgan fingerprint density at radius 1 is 1.35 bits per heavy atom. The molecule has 0 radical (unpaired) electrons. The Kier molecular flexibility index (Phi) is 3.84. The van der Waals surface area contributed by atoms with Crippen molar-refractivity contribution in [2.75, 3.05) is 0 Å². The molecule has 4 nitrogen and oxygen atoms in total. The highest BCUT2D eigenvalue weighted by atomic mass is 35.5. The average molecular weight is 255 g/mol. The number of hydrogen-bond acceptors (Lipinski definition) is 2. The number of nitrogens with one attached hydrogen (secondary N) is 2. The number of aromatic nitrogens is 1. The van der Waals surface area contributed by atoms with Crippen molar-refractivity contribution < 1.29 is 4.79 Å². The van der Waals surface area contributed by atoms with E-state index >= 15 is 0 Å². The molecular formula is C12H15ClN2O2. The quantitative estimate of drug-likeness (QED) is 0.789. The SMILES string of the molecule is O=C(NC1CCC(Cl)CC1)c1cc[nH]c(=O)c1. The van der Waals surface area contributed by atoms with Crippen LogP contribution in [0.4, 0.5) is 0 Å². The number of aromatic amines is 1. The van der Waals surface area contributed by atoms with Crippen molar-refractivity contribution in [2.24, 2.45) is 0 Å². The molecule has 0 unspecified atom stereocenters. The molecule has 0 bridgehead atoms. The molecule has 0 aromatic carbocycles. The van der Waals surface area contributed by atoms with Gasteiger partial charge in [0.2, 0.25) is 5.56 Å². The smallest absolute Gasteiger partial charge is 0.251 e. The van der Waals surface area contributed by atoms with Crippen molar-refractivity contribution in [1.29, 1.82) is 0 Å². The molecule has 2 N–H and O–H groups in total. The largest absolute Gasteiger partial charge is 0.349 e. The first-order valence-corrected chi connectivity index (χ1v) is 6.22. The summed E-state index contributed by atoms with van der Waals surface area (Å²) in [6, 6.07) is 3.09. The van der Waals surface area contributed by atoms with E-state index in [1.165, 1.54) is 12.3 Å². The monoisotopic (exact) mass is 254 g/mol. The molecule has 92 valence electrons. The third-order valence-electron chi connectivity index (χ3n) is 3.03. The molecule has 0 aliphatic heterocycles. The maximum atomic E-state index is 11.8. The maximum absolute atomic E-state index is 11.8. The zero-order valence-electron chi connectivity index (χ0n) is 9.41. The summed E-state index contributed by atoms with van der Waals surface area (Å²) < 4.78 is 0. The predicted octanol–water partition coefficient (Wildman–Crippen LogP) is 1.65. The lowest BCUT2D eigenvalue weighted by Crippen LogP contribution is -2.38. The topological polar surface area (TPSA) is 62.0 Å². The van der Waals surface area contributed by atoms with Gasteiger partial charge < -0.3 is 10.3 Å². The number of hydrogen-bond donors (Lipinski definition) is 2. The third-order valence-corrected chi connectivity index (χ3v) is 3.47. The van der Waals surface area contributed by atoms with E-state index in [0.29, 0.717) is 5.56 Å². The number of halogens is 1. The van der Waals surface area contributed by atoms with E-state index in [4.69, 9.17) is 11.6 Å². The Bertz CT molecular complexity index is 450. The molecule has 1 saturated carbocycles. The number of amides is 1. The van der Waals surface area contributed by atoms with Gasteiger partial charge in [-0.3, -0.25) is 9.59 Å². The third kappa shape index (κ3) is 3.33. The van der Waals surface area contributed by atoms with Gasteiger partial charge in [0.05, 0.1) is 0 Å². The zero-order valence-corrected chi connectivity index (χ0v) is 10.2. The summed E-state index contributed by atoms with van der Waals surface area (Å²) in [6.07, 6.45) is 5.16. The first kappa shape index (κ1) is 12.2. The van der Waals surface area contributed by atoms with Crippen molar-refractivity contribution in [3.05, 3.63) is 34.2 Å².